The first-order valence-electron chi connectivity index (χ1n) is 9.35. The lowest BCUT2D eigenvalue weighted by Gasteiger charge is -2.33. The lowest BCUT2D eigenvalue weighted by molar-refractivity contribution is -0.136. The van der Waals surface area contributed by atoms with Crippen molar-refractivity contribution in [3.8, 4) is 0 Å². The number of rotatable bonds is 7. The predicted octanol–water partition coefficient (Wildman–Crippen LogP) is 2.70. The molecule has 2 aromatic rings. The van der Waals surface area contributed by atoms with Gasteiger partial charge >= 0.3 is 0 Å². The van der Waals surface area contributed by atoms with E-state index in [9.17, 15) is 4.79 Å². The molecule has 0 aromatic carbocycles. The number of hydrogen-bond donors (Lipinski definition) is 0. The molecule has 1 unspecified atom stereocenters. The largest absolute Gasteiger partial charge is 0.468 e. The van der Waals surface area contributed by atoms with Crippen molar-refractivity contribution in [2.45, 2.75) is 45.6 Å². The molecular weight excluding hydrogens is 332 g/mol. The summed E-state index contributed by atoms with van der Waals surface area (Å²) in [4.78, 5) is 21.3. The Bertz CT molecular complexity index is 695. The van der Waals surface area contributed by atoms with Crippen LogP contribution in [-0.2, 0) is 17.8 Å². The van der Waals surface area contributed by atoms with Crippen LogP contribution in [0, 0.1) is 5.92 Å². The van der Waals surface area contributed by atoms with Crippen LogP contribution in [-0.4, -0.2) is 52.5 Å². The quantitative estimate of drug-likeness (QED) is 0.756. The van der Waals surface area contributed by atoms with E-state index in [2.05, 4.69) is 15.0 Å². The molecule has 1 fully saturated rings. The minimum Gasteiger partial charge on any atom is -0.468 e. The minimum atomic E-state index is 0.0419. The van der Waals surface area contributed by atoms with Crippen LogP contribution in [0.5, 0.6) is 0 Å². The smallest absolute Gasteiger partial charge is 0.229 e. The van der Waals surface area contributed by atoms with Gasteiger partial charge < -0.3 is 13.8 Å². The highest BCUT2D eigenvalue weighted by Gasteiger charge is 2.28. The second-order valence-corrected chi connectivity index (χ2v) is 7.37. The highest BCUT2D eigenvalue weighted by molar-refractivity contribution is 5.78. The first-order valence-corrected chi connectivity index (χ1v) is 9.35. The predicted molar refractivity (Wildman–Crippen MR) is 96.4 cm³/mol. The van der Waals surface area contributed by atoms with Crippen LogP contribution in [0.2, 0.25) is 0 Å². The molecule has 1 aliphatic heterocycles. The summed E-state index contributed by atoms with van der Waals surface area (Å²) in [5.74, 6) is 2.72. The van der Waals surface area contributed by atoms with Gasteiger partial charge in [-0.25, -0.2) is 0 Å². The second-order valence-electron chi connectivity index (χ2n) is 7.37. The molecule has 1 amide bonds. The first-order chi connectivity index (χ1) is 12.5. The molecule has 1 saturated heterocycles. The lowest BCUT2D eigenvalue weighted by Crippen LogP contribution is -2.43. The topological polar surface area (TPSA) is 75.6 Å². The Morgan fingerprint density at radius 2 is 2.31 bits per heavy atom. The molecule has 26 heavy (non-hydrogen) atoms. The Hall–Kier alpha value is -2.15. The van der Waals surface area contributed by atoms with E-state index < -0.39 is 0 Å². The van der Waals surface area contributed by atoms with Crippen molar-refractivity contribution in [2.24, 2.45) is 5.92 Å². The van der Waals surface area contributed by atoms with Crippen molar-refractivity contribution in [1.29, 1.82) is 0 Å². The van der Waals surface area contributed by atoms with Crippen molar-refractivity contribution in [3.05, 3.63) is 35.9 Å². The lowest BCUT2D eigenvalue weighted by atomic mass is 9.96. The maximum absolute atomic E-state index is 12.8. The zero-order chi connectivity index (χ0) is 18.5. The van der Waals surface area contributed by atoms with Crippen molar-refractivity contribution in [3.63, 3.8) is 0 Å². The molecule has 3 rings (SSSR count). The number of amides is 1. The Kier molecular flexibility index (Phi) is 6.08. The molecule has 142 valence electrons. The summed E-state index contributed by atoms with van der Waals surface area (Å²) in [6.45, 7) is 7.19. The number of likely N-dealkylation sites (N-methyl/N-ethyl adjacent to an activating group) is 1. The molecule has 1 atom stereocenters. The highest BCUT2D eigenvalue weighted by Crippen LogP contribution is 2.20. The second kappa shape index (κ2) is 8.49. The van der Waals surface area contributed by atoms with Crippen LogP contribution < -0.4 is 0 Å². The van der Waals surface area contributed by atoms with Gasteiger partial charge in [0.2, 0.25) is 11.8 Å². The van der Waals surface area contributed by atoms with Gasteiger partial charge in [-0.3, -0.25) is 9.69 Å². The van der Waals surface area contributed by atoms with Crippen molar-refractivity contribution < 1.29 is 13.7 Å². The summed E-state index contributed by atoms with van der Waals surface area (Å²) < 4.78 is 10.6. The Morgan fingerprint density at radius 3 is 3.00 bits per heavy atom. The highest BCUT2D eigenvalue weighted by atomic mass is 16.5. The number of aromatic nitrogens is 2. The van der Waals surface area contributed by atoms with Gasteiger partial charge in [-0.1, -0.05) is 19.0 Å². The average Bonchev–Trinajstić information content (AvgIpc) is 3.31. The molecule has 0 saturated carbocycles. The fourth-order valence-corrected chi connectivity index (χ4v) is 3.32. The zero-order valence-corrected chi connectivity index (χ0v) is 15.9. The number of carbonyl (C=O) groups is 1. The SMILES string of the molecule is CC(C)c1nc(CCN(C)C(=O)C2CCCN(Cc3ccco3)C2)no1. The number of piperidine rings is 1. The van der Waals surface area contributed by atoms with Crippen LogP contribution in [0.3, 0.4) is 0 Å². The molecule has 0 bridgehead atoms. The van der Waals surface area contributed by atoms with Gasteiger partial charge in [-0.2, -0.15) is 4.98 Å². The van der Waals surface area contributed by atoms with Crippen molar-refractivity contribution in [2.75, 3.05) is 26.7 Å². The fraction of sp³-hybridized carbons (Fsp3) is 0.632. The maximum Gasteiger partial charge on any atom is 0.229 e. The normalized spacial score (nSPS) is 18.4. The van der Waals surface area contributed by atoms with Gasteiger partial charge in [0.05, 0.1) is 18.7 Å². The van der Waals surface area contributed by atoms with Gasteiger partial charge in [-0.15, -0.1) is 0 Å². The molecule has 0 N–H and O–H groups in total. The maximum atomic E-state index is 12.8. The van der Waals surface area contributed by atoms with Gasteiger partial charge in [0.15, 0.2) is 5.82 Å². The molecular formula is C19H28N4O3. The van der Waals surface area contributed by atoms with E-state index in [0.29, 0.717) is 24.7 Å². The van der Waals surface area contributed by atoms with E-state index >= 15 is 0 Å². The van der Waals surface area contributed by atoms with Gasteiger partial charge in [0, 0.05) is 32.5 Å². The van der Waals surface area contributed by atoms with E-state index in [1.807, 2.05) is 33.0 Å². The Morgan fingerprint density at radius 1 is 1.46 bits per heavy atom. The van der Waals surface area contributed by atoms with E-state index in [0.717, 1.165) is 38.2 Å². The van der Waals surface area contributed by atoms with E-state index in [1.165, 1.54) is 0 Å². The number of furan rings is 1. The van der Waals surface area contributed by atoms with Crippen LogP contribution in [0.15, 0.2) is 27.3 Å². The third kappa shape index (κ3) is 4.72. The Labute approximate surface area is 154 Å². The van der Waals surface area contributed by atoms with Gasteiger partial charge in [0.25, 0.3) is 0 Å². The Balaban J connectivity index is 1.48. The number of hydrogen-bond acceptors (Lipinski definition) is 6. The molecule has 0 spiro atoms. The van der Waals surface area contributed by atoms with Crippen LogP contribution in [0.25, 0.3) is 0 Å². The van der Waals surface area contributed by atoms with Crippen LogP contribution >= 0.6 is 0 Å². The zero-order valence-electron chi connectivity index (χ0n) is 15.9. The molecule has 7 heteroatoms. The summed E-state index contributed by atoms with van der Waals surface area (Å²) in [5.41, 5.74) is 0. The minimum absolute atomic E-state index is 0.0419. The summed E-state index contributed by atoms with van der Waals surface area (Å²) in [6.07, 6.45) is 4.28. The standard InChI is InChI=1S/C19H28N4O3/c1-14(2)18-20-17(21-26-18)8-10-22(3)19(24)15-6-4-9-23(12-15)13-16-7-5-11-25-16/h5,7,11,14-15H,4,6,8-10,12-13H2,1-3H3. The number of likely N-dealkylation sites (tertiary alicyclic amines) is 1. The van der Waals surface area contributed by atoms with Crippen molar-refractivity contribution >= 4 is 5.91 Å². The number of nitrogens with zero attached hydrogens (tertiary/aromatic N) is 4. The third-order valence-electron chi connectivity index (χ3n) is 4.84. The molecule has 7 nitrogen and oxygen atoms in total. The van der Waals surface area contributed by atoms with E-state index in [-0.39, 0.29) is 17.7 Å². The van der Waals surface area contributed by atoms with E-state index in [4.69, 9.17) is 8.94 Å². The van der Waals surface area contributed by atoms with Gasteiger partial charge in [-0.05, 0) is 31.5 Å². The monoisotopic (exact) mass is 360 g/mol. The summed E-state index contributed by atoms with van der Waals surface area (Å²) in [5, 5.41) is 3.99. The number of carbonyl (C=O) groups excluding carboxylic acids is 1. The van der Waals surface area contributed by atoms with Crippen molar-refractivity contribution in [1.82, 2.24) is 19.9 Å². The fourth-order valence-electron chi connectivity index (χ4n) is 3.32. The molecule has 0 aliphatic carbocycles. The molecule has 3 heterocycles. The van der Waals surface area contributed by atoms with Crippen LogP contribution in [0.1, 0.15) is 50.1 Å². The van der Waals surface area contributed by atoms with E-state index in [1.54, 1.807) is 11.2 Å². The summed E-state index contributed by atoms with van der Waals surface area (Å²) >= 11 is 0. The molecule has 1 aliphatic rings. The molecule has 0 radical (unpaired) electrons. The van der Waals surface area contributed by atoms with Crippen LogP contribution in [0.4, 0.5) is 0 Å². The average molecular weight is 360 g/mol. The molecule has 2 aromatic heterocycles. The first kappa shape index (κ1) is 18.6. The third-order valence-corrected chi connectivity index (χ3v) is 4.84. The summed E-state index contributed by atoms with van der Waals surface area (Å²) in [6, 6.07) is 3.88. The summed E-state index contributed by atoms with van der Waals surface area (Å²) in [7, 11) is 1.86. The van der Waals surface area contributed by atoms with Gasteiger partial charge in [0.1, 0.15) is 5.76 Å².